The number of Topliss-reactive ketones (excluding diaryl/α,β-unsaturated/α-hetero) is 1. The van der Waals surface area contributed by atoms with Gasteiger partial charge >= 0.3 is 0 Å². The topological polar surface area (TPSA) is 85.3 Å². The first kappa shape index (κ1) is 16.3. The van der Waals surface area contributed by atoms with E-state index in [0.29, 0.717) is 29.0 Å². The first-order valence-electron chi connectivity index (χ1n) is 6.92. The van der Waals surface area contributed by atoms with Gasteiger partial charge in [0.05, 0.1) is 12.1 Å². The van der Waals surface area contributed by atoms with Gasteiger partial charge in [-0.3, -0.25) is 9.59 Å². The van der Waals surface area contributed by atoms with E-state index in [1.807, 2.05) is 12.1 Å². The number of amides is 1. The van der Waals surface area contributed by atoms with E-state index in [1.54, 1.807) is 12.1 Å². The average molecular weight is 321 g/mol. The van der Waals surface area contributed by atoms with E-state index < -0.39 is 0 Å². The van der Waals surface area contributed by atoms with Crippen LogP contribution in [-0.4, -0.2) is 11.7 Å². The zero-order valence-electron chi connectivity index (χ0n) is 11.9. The summed E-state index contributed by atoms with van der Waals surface area (Å²) in [5, 5.41) is 2.77. The number of anilines is 1. The lowest BCUT2D eigenvalue weighted by Gasteiger charge is -2.15. The summed E-state index contributed by atoms with van der Waals surface area (Å²) < 4.78 is 5.14. The van der Waals surface area contributed by atoms with E-state index in [4.69, 9.17) is 10.2 Å². The minimum Gasteiger partial charge on any atom is -0.467 e. The van der Waals surface area contributed by atoms with Crippen LogP contribution in [0, 0.1) is 0 Å². The molecule has 0 saturated heterocycles. The lowest BCUT2D eigenvalue weighted by Crippen LogP contribution is -2.14. The number of carbonyl (C=O) groups excluding carboxylic acids is 2. The van der Waals surface area contributed by atoms with Crippen LogP contribution in [0.15, 0.2) is 34.9 Å². The third kappa shape index (κ3) is 3.21. The number of nitrogens with one attached hydrogen (secondary N) is 1. The highest BCUT2D eigenvalue weighted by atomic mass is 35.5. The Labute approximate surface area is 134 Å². The molecule has 1 amide bonds. The predicted octanol–water partition coefficient (Wildman–Crippen LogP) is 2.93. The Morgan fingerprint density at radius 2 is 2.09 bits per heavy atom. The van der Waals surface area contributed by atoms with Crippen LogP contribution >= 0.6 is 12.4 Å². The fourth-order valence-electron chi connectivity index (χ4n) is 2.52. The summed E-state index contributed by atoms with van der Waals surface area (Å²) in [4.78, 5) is 24.0. The molecule has 1 aromatic carbocycles. The average Bonchev–Trinajstić information content (AvgIpc) is 2.97. The van der Waals surface area contributed by atoms with Crippen LogP contribution in [-0.2, 0) is 13.0 Å². The zero-order chi connectivity index (χ0) is 14.8. The summed E-state index contributed by atoms with van der Waals surface area (Å²) in [5.74, 6) is 0.420. The Hall–Kier alpha value is -2.11. The molecule has 5 nitrogen and oxygen atoms in total. The van der Waals surface area contributed by atoms with Crippen LogP contribution in [0.4, 0.5) is 5.69 Å². The number of benzene rings is 1. The number of hydrogen-bond donors (Lipinski definition) is 2. The molecular formula is C16H17ClN2O3. The number of carbonyl (C=O) groups is 2. The Balaban J connectivity index is 0.00000176. The number of fused-ring (bicyclic) bond motifs is 1. The highest BCUT2D eigenvalue weighted by Crippen LogP contribution is 2.24. The third-order valence-corrected chi connectivity index (χ3v) is 3.64. The molecule has 0 radical (unpaired) electrons. The molecule has 22 heavy (non-hydrogen) atoms. The smallest absolute Gasteiger partial charge is 0.258 e. The van der Waals surface area contributed by atoms with Crippen LogP contribution in [0.25, 0.3) is 0 Å². The quantitative estimate of drug-likeness (QED) is 0.910. The SMILES string of the molecule is Cl.NCc1cc(C(=O)Nc2ccc3c(c2)C(=O)CCC3)co1. The van der Waals surface area contributed by atoms with E-state index in [-0.39, 0.29) is 30.6 Å². The van der Waals surface area contributed by atoms with Crippen molar-refractivity contribution in [3.63, 3.8) is 0 Å². The molecule has 116 valence electrons. The summed E-state index contributed by atoms with van der Waals surface area (Å²) >= 11 is 0. The monoisotopic (exact) mass is 320 g/mol. The van der Waals surface area contributed by atoms with Crippen molar-refractivity contribution in [1.82, 2.24) is 0 Å². The predicted molar refractivity (Wildman–Crippen MR) is 85.5 cm³/mol. The maximum Gasteiger partial charge on any atom is 0.258 e. The molecule has 0 unspecified atom stereocenters. The number of nitrogens with two attached hydrogens (primary N) is 1. The van der Waals surface area contributed by atoms with Crippen LogP contribution in [0.5, 0.6) is 0 Å². The van der Waals surface area contributed by atoms with E-state index in [9.17, 15) is 9.59 Å². The van der Waals surface area contributed by atoms with Crippen molar-refractivity contribution in [2.75, 3.05) is 5.32 Å². The van der Waals surface area contributed by atoms with Gasteiger partial charge in [0.25, 0.3) is 5.91 Å². The molecule has 1 aliphatic carbocycles. The summed E-state index contributed by atoms with van der Waals surface area (Å²) in [6.45, 7) is 0.251. The van der Waals surface area contributed by atoms with Gasteiger partial charge in [0, 0.05) is 17.7 Å². The van der Waals surface area contributed by atoms with E-state index in [0.717, 1.165) is 18.4 Å². The molecule has 0 spiro atoms. The van der Waals surface area contributed by atoms with Crippen molar-refractivity contribution in [2.24, 2.45) is 5.73 Å². The van der Waals surface area contributed by atoms with Gasteiger partial charge in [-0.05, 0) is 36.6 Å². The second kappa shape index (κ2) is 6.77. The summed E-state index contributed by atoms with van der Waals surface area (Å²) in [5.41, 5.74) is 8.25. The van der Waals surface area contributed by atoms with Gasteiger partial charge in [0.1, 0.15) is 12.0 Å². The lowest BCUT2D eigenvalue weighted by atomic mass is 9.90. The molecule has 3 rings (SSSR count). The first-order chi connectivity index (χ1) is 10.2. The molecule has 0 atom stereocenters. The molecule has 0 fully saturated rings. The van der Waals surface area contributed by atoms with Crippen molar-refractivity contribution < 1.29 is 14.0 Å². The van der Waals surface area contributed by atoms with Gasteiger partial charge < -0.3 is 15.5 Å². The Morgan fingerprint density at radius 3 is 2.82 bits per heavy atom. The molecule has 1 aliphatic rings. The highest BCUT2D eigenvalue weighted by molar-refractivity contribution is 6.05. The molecule has 6 heteroatoms. The number of halogens is 1. The third-order valence-electron chi connectivity index (χ3n) is 3.64. The van der Waals surface area contributed by atoms with Crippen LogP contribution in [0.1, 0.15) is 44.9 Å². The summed E-state index contributed by atoms with van der Waals surface area (Å²) in [6.07, 6.45) is 3.76. The number of furan rings is 1. The van der Waals surface area contributed by atoms with Gasteiger partial charge in [0.2, 0.25) is 0 Å². The maximum atomic E-state index is 12.1. The van der Waals surface area contributed by atoms with Gasteiger partial charge in [0.15, 0.2) is 5.78 Å². The minimum absolute atomic E-state index is 0. The molecule has 2 aromatic rings. The van der Waals surface area contributed by atoms with E-state index in [2.05, 4.69) is 5.32 Å². The fraction of sp³-hybridized carbons (Fsp3) is 0.250. The number of hydrogen-bond acceptors (Lipinski definition) is 4. The molecule has 0 aliphatic heterocycles. The largest absolute Gasteiger partial charge is 0.467 e. The van der Waals surface area contributed by atoms with Gasteiger partial charge in [-0.1, -0.05) is 6.07 Å². The highest BCUT2D eigenvalue weighted by Gasteiger charge is 2.18. The summed E-state index contributed by atoms with van der Waals surface area (Å²) in [7, 11) is 0. The number of ketones is 1. The Morgan fingerprint density at radius 1 is 1.27 bits per heavy atom. The van der Waals surface area contributed by atoms with Crippen molar-refractivity contribution in [1.29, 1.82) is 0 Å². The second-order valence-corrected chi connectivity index (χ2v) is 5.11. The molecule has 3 N–H and O–H groups in total. The van der Waals surface area contributed by atoms with Crippen molar-refractivity contribution in [3.05, 3.63) is 53.0 Å². The molecule has 1 aromatic heterocycles. The van der Waals surface area contributed by atoms with Crippen LogP contribution in [0.2, 0.25) is 0 Å². The number of aryl methyl sites for hydroxylation is 1. The summed E-state index contributed by atoms with van der Waals surface area (Å²) in [6, 6.07) is 7.08. The first-order valence-corrected chi connectivity index (χ1v) is 6.92. The van der Waals surface area contributed by atoms with Crippen LogP contribution in [0.3, 0.4) is 0 Å². The van der Waals surface area contributed by atoms with Crippen molar-refractivity contribution in [3.8, 4) is 0 Å². The standard InChI is InChI=1S/C16H16N2O3.ClH/c17-8-13-6-11(9-21-13)16(20)18-12-5-4-10-2-1-3-15(19)14(10)7-12;/h4-7,9H,1-3,8,17H2,(H,18,20);1H. The molecule has 1 heterocycles. The second-order valence-electron chi connectivity index (χ2n) is 5.11. The van der Waals surface area contributed by atoms with E-state index in [1.165, 1.54) is 6.26 Å². The minimum atomic E-state index is -0.276. The molecular weight excluding hydrogens is 304 g/mol. The number of rotatable bonds is 3. The zero-order valence-corrected chi connectivity index (χ0v) is 12.7. The van der Waals surface area contributed by atoms with Crippen molar-refractivity contribution >= 4 is 29.8 Å². The normalized spacial score (nSPS) is 13.2. The Kier molecular flexibility index (Phi) is 5.00. The molecule has 0 bridgehead atoms. The van der Waals surface area contributed by atoms with Gasteiger partial charge in [-0.25, -0.2) is 0 Å². The van der Waals surface area contributed by atoms with Crippen molar-refractivity contribution in [2.45, 2.75) is 25.8 Å². The fourth-order valence-corrected chi connectivity index (χ4v) is 2.52. The van der Waals surface area contributed by atoms with E-state index >= 15 is 0 Å². The van der Waals surface area contributed by atoms with Gasteiger partial charge in [-0.15, -0.1) is 12.4 Å². The Bertz CT molecular complexity index is 709. The molecule has 0 saturated carbocycles. The maximum absolute atomic E-state index is 12.1. The van der Waals surface area contributed by atoms with Crippen LogP contribution < -0.4 is 11.1 Å². The van der Waals surface area contributed by atoms with Gasteiger partial charge in [-0.2, -0.15) is 0 Å². The lowest BCUT2D eigenvalue weighted by molar-refractivity contribution is 0.0970.